The summed E-state index contributed by atoms with van der Waals surface area (Å²) < 4.78 is 16.6. The fourth-order valence-electron chi connectivity index (χ4n) is 3.15. The Morgan fingerprint density at radius 2 is 2.04 bits per heavy atom. The van der Waals surface area contributed by atoms with Gasteiger partial charge >= 0.3 is 6.03 Å². The van der Waals surface area contributed by atoms with Gasteiger partial charge < -0.3 is 24.4 Å². The van der Waals surface area contributed by atoms with Gasteiger partial charge in [-0.05, 0) is 19.9 Å². The molecule has 2 aliphatic rings. The first-order valence-electron chi connectivity index (χ1n) is 8.00. The number of morpholine rings is 1. The average Bonchev–Trinajstić information content (AvgIpc) is 2.54. The highest BCUT2D eigenvalue weighted by molar-refractivity contribution is 5.75. The average molecular weight is 320 g/mol. The summed E-state index contributed by atoms with van der Waals surface area (Å²) in [5, 5.41) is 3.07. The molecule has 2 amide bonds. The lowest BCUT2D eigenvalue weighted by atomic mass is 10.0. The van der Waals surface area contributed by atoms with E-state index in [0.717, 1.165) is 16.9 Å². The van der Waals surface area contributed by atoms with Crippen LogP contribution in [0.2, 0.25) is 0 Å². The van der Waals surface area contributed by atoms with Crippen LogP contribution in [0.25, 0.3) is 0 Å². The molecule has 0 saturated carbocycles. The first kappa shape index (κ1) is 16.1. The number of carbonyl (C=O) groups is 1. The molecule has 2 saturated heterocycles. The molecule has 6 heteroatoms. The molecule has 2 fully saturated rings. The Hall–Kier alpha value is -1.79. The number of ether oxygens (including phenoxy) is 3. The van der Waals surface area contributed by atoms with Crippen molar-refractivity contribution in [2.24, 2.45) is 0 Å². The van der Waals surface area contributed by atoms with Crippen LogP contribution in [0, 0.1) is 6.92 Å². The van der Waals surface area contributed by atoms with Gasteiger partial charge in [-0.3, -0.25) is 0 Å². The maximum absolute atomic E-state index is 12.6. The lowest BCUT2D eigenvalue weighted by Crippen LogP contribution is -2.57. The van der Waals surface area contributed by atoms with Gasteiger partial charge in [0.2, 0.25) is 0 Å². The number of amides is 2. The van der Waals surface area contributed by atoms with Crippen LogP contribution >= 0.6 is 0 Å². The number of fused-ring (bicyclic) bond motifs is 2. The van der Waals surface area contributed by atoms with Gasteiger partial charge in [0.1, 0.15) is 5.75 Å². The normalized spacial score (nSPS) is 24.9. The number of urea groups is 1. The summed E-state index contributed by atoms with van der Waals surface area (Å²) in [6.45, 7) is 6.25. The lowest BCUT2D eigenvalue weighted by molar-refractivity contribution is -0.171. The van der Waals surface area contributed by atoms with Crippen LogP contribution < -0.4 is 10.1 Å². The molecule has 1 aromatic rings. The molecule has 3 atom stereocenters. The third-order valence-corrected chi connectivity index (χ3v) is 4.32. The molecule has 0 aromatic heterocycles. The lowest BCUT2D eigenvalue weighted by Gasteiger charge is -2.41. The number of carbonyl (C=O) groups excluding carboxylic acids is 1. The molecule has 0 radical (unpaired) electrons. The van der Waals surface area contributed by atoms with Crippen LogP contribution in [0.3, 0.4) is 0 Å². The van der Waals surface area contributed by atoms with Gasteiger partial charge in [0.25, 0.3) is 0 Å². The van der Waals surface area contributed by atoms with Crippen molar-refractivity contribution < 1.29 is 19.0 Å². The quantitative estimate of drug-likeness (QED) is 0.924. The molecule has 2 heterocycles. The molecule has 23 heavy (non-hydrogen) atoms. The van der Waals surface area contributed by atoms with E-state index < -0.39 is 0 Å². The van der Waals surface area contributed by atoms with Crippen molar-refractivity contribution >= 4 is 6.03 Å². The van der Waals surface area contributed by atoms with Gasteiger partial charge in [0.05, 0.1) is 51.7 Å². The predicted molar refractivity (Wildman–Crippen MR) is 85.7 cm³/mol. The Morgan fingerprint density at radius 1 is 1.35 bits per heavy atom. The maximum Gasteiger partial charge on any atom is 0.318 e. The standard InChI is InChI=1S/C17H24N2O4/c1-11-4-5-16(21-3)15(6-11)12(2)18-17(20)19-7-13-9-22-10-14(8-19)23-13/h4-6,12-14H,7-10H2,1-3H3,(H,18,20)/t12-,13?,14?/m1/s1. The van der Waals surface area contributed by atoms with Gasteiger partial charge in [0.15, 0.2) is 0 Å². The van der Waals surface area contributed by atoms with E-state index in [2.05, 4.69) is 5.32 Å². The summed E-state index contributed by atoms with van der Waals surface area (Å²) in [5.41, 5.74) is 2.12. The molecule has 2 aliphatic heterocycles. The van der Waals surface area contributed by atoms with Gasteiger partial charge in [-0.25, -0.2) is 4.79 Å². The molecule has 3 rings (SSSR count). The summed E-state index contributed by atoms with van der Waals surface area (Å²) >= 11 is 0. The number of nitrogens with one attached hydrogen (secondary N) is 1. The van der Waals surface area contributed by atoms with Crippen LogP contribution in [-0.4, -0.2) is 56.6 Å². The van der Waals surface area contributed by atoms with Crippen molar-refractivity contribution in [3.05, 3.63) is 29.3 Å². The highest BCUT2D eigenvalue weighted by Gasteiger charge is 2.34. The third kappa shape index (κ3) is 3.59. The molecule has 0 spiro atoms. The van der Waals surface area contributed by atoms with Gasteiger partial charge in [-0.15, -0.1) is 0 Å². The van der Waals surface area contributed by atoms with E-state index in [9.17, 15) is 4.79 Å². The fourth-order valence-corrected chi connectivity index (χ4v) is 3.15. The largest absolute Gasteiger partial charge is 0.496 e. The molecule has 126 valence electrons. The van der Waals surface area contributed by atoms with Crippen LogP contribution in [0.4, 0.5) is 4.79 Å². The fraction of sp³-hybridized carbons (Fsp3) is 0.588. The van der Waals surface area contributed by atoms with Crippen LogP contribution in [0.5, 0.6) is 5.75 Å². The van der Waals surface area contributed by atoms with E-state index >= 15 is 0 Å². The molecule has 0 aliphatic carbocycles. The van der Waals surface area contributed by atoms with Crippen LogP contribution in [-0.2, 0) is 9.47 Å². The van der Waals surface area contributed by atoms with E-state index in [0.29, 0.717) is 26.3 Å². The second-order valence-corrected chi connectivity index (χ2v) is 6.24. The number of rotatable bonds is 3. The van der Waals surface area contributed by atoms with Crippen molar-refractivity contribution in [3.63, 3.8) is 0 Å². The van der Waals surface area contributed by atoms with Gasteiger partial charge in [-0.2, -0.15) is 0 Å². The van der Waals surface area contributed by atoms with E-state index in [1.807, 2.05) is 36.9 Å². The molecular weight excluding hydrogens is 296 g/mol. The Morgan fingerprint density at radius 3 is 2.70 bits per heavy atom. The zero-order chi connectivity index (χ0) is 16.4. The minimum Gasteiger partial charge on any atom is -0.496 e. The Kier molecular flexibility index (Phi) is 4.73. The highest BCUT2D eigenvalue weighted by atomic mass is 16.6. The second kappa shape index (κ2) is 6.76. The topological polar surface area (TPSA) is 60.0 Å². The number of methoxy groups -OCH3 is 1. The SMILES string of the molecule is COc1ccc(C)cc1[C@@H](C)NC(=O)N1CC2COCC(C1)O2. The minimum atomic E-state index is -0.128. The third-order valence-electron chi connectivity index (χ3n) is 4.32. The smallest absolute Gasteiger partial charge is 0.318 e. The van der Waals surface area contributed by atoms with E-state index in [4.69, 9.17) is 14.2 Å². The van der Waals surface area contributed by atoms with Crippen LogP contribution in [0.15, 0.2) is 18.2 Å². The first-order valence-corrected chi connectivity index (χ1v) is 8.00. The van der Waals surface area contributed by atoms with Crippen molar-refractivity contribution in [1.29, 1.82) is 0 Å². The molecule has 2 bridgehead atoms. The molecular formula is C17H24N2O4. The van der Waals surface area contributed by atoms with Crippen molar-refractivity contribution in [3.8, 4) is 5.75 Å². The zero-order valence-corrected chi connectivity index (χ0v) is 13.9. The predicted octanol–water partition coefficient (Wildman–Crippen LogP) is 1.87. The maximum atomic E-state index is 12.6. The van der Waals surface area contributed by atoms with E-state index in [1.165, 1.54) is 0 Å². The Balaban J connectivity index is 1.66. The van der Waals surface area contributed by atoms with Gasteiger partial charge in [-0.1, -0.05) is 17.7 Å². The summed E-state index contributed by atoms with van der Waals surface area (Å²) in [5.74, 6) is 0.788. The molecule has 1 aromatic carbocycles. The second-order valence-electron chi connectivity index (χ2n) is 6.24. The summed E-state index contributed by atoms with van der Waals surface area (Å²) in [6.07, 6.45) is -0.0332. The van der Waals surface area contributed by atoms with Crippen molar-refractivity contribution in [2.45, 2.75) is 32.1 Å². The van der Waals surface area contributed by atoms with Crippen LogP contribution in [0.1, 0.15) is 24.1 Å². The van der Waals surface area contributed by atoms with E-state index in [1.54, 1.807) is 7.11 Å². The molecule has 6 nitrogen and oxygen atoms in total. The zero-order valence-electron chi connectivity index (χ0n) is 13.9. The minimum absolute atomic E-state index is 0.0166. The summed E-state index contributed by atoms with van der Waals surface area (Å²) in [7, 11) is 1.64. The van der Waals surface area contributed by atoms with E-state index in [-0.39, 0.29) is 24.3 Å². The Labute approximate surface area is 136 Å². The van der Waals surface area contributed by atoms with Gasteiger partial charge in [0, 0.05) is 5.56 Å². The molecule has 1 N–H and O–H groups in total. The number of aryl methyl sites for hydroxylation is 1. The number of hydrogen-bond acceptors (Lipinski definition) is 4. The Bertz CT molecular complexity index is 566. The number of hydrogen-bond donors (Lipinski definition) is 1. The number of nitrogens with zero attached hydrogens (tertiary/aromatic N) is 1. The number of benzene rings is 1. The molecule has 2 unspecified atom stereocenters. The summed E-state index contributed by atoms with van der Waals surface area (Å²) in [4.78, 5) is 14.4. The van der Waals surface area contributed by atoms with Crippen molar-refractivity contribution in [1.82, 2.24) is 10.2 Å². The monoisotopic (exact) mass is 320 g/mol. The highest BCUT2D eigenvalue weighted by Crippen LogP contribution is 2.26. The summed E-state index contributed by atoms with van der Waals surface area (Å²) in [6, 6.07) is 5.78. The first-order chi connectivity index (χ1) is 11.1. The van der Waals surface area contributed by atoms with Crippen molar-refractivity contribution in [2.75, 3.05) is 33.4 Å².